The first-order valence-corrected chi connectivity index (χ1v) is 5.24. The molecule has 0 amide bonds. The maximum atomic E-state index is 11.5. The van der Waals surface area contributed by atoms with Crippen LogP contribution in [0.4, 0.5) is 5.69 Å². The van der Waals surface area contributed by atoms with Crippen LogP contribution in [0.25, 0.3) is 0 Å². The average molecular weight is 237 g/mol. The Morgan fingerprint density at radius 2 is 1.94 bits per heavy atom. The van der Waals surface area contributed by atoms with Crippen molar-refractivity contribution in [3.8, 4) is 0 Å². The third-order valence-corrected chi connectivity index (χ3v) is 2.25. The highest BCUT2D eigenvalue weighted by molar-refractivity contribution is 6.07. The van der Waals surface area contributed by atoms with Crippen molar-refractivity contribution in [2.24, 2.45) is 0 Å². The van der Waals surface area contributed by atoms with E-state index in [0.717, 1.165) is 0 Å². The van der Waals surface area contributed by atoms with Crippen molar-refractivity contribution < 1.29 is 19.4 Å². The number of hydrogen-bond donors (Lipinski definition) is 2. The largest absolute Gasteiger partial charge is 0.477 e. The van der Waals surface area contributed by atoms with Gasteiger partial charge in [-0.25, -0.2) is 4.79 Å². The van der Waals surface area contributed by atoms with Crippen molar-refractivity contribution in [2.45, 2.75) is 19.6 Å². The topological polar surface area (TPSA) is 75.6 Å². The highest BCUT2D eigenvalue weighted by atomic mass is 16.5. The minimum Gasteiger partial charge on any atom is -0.477 e. The van der Waals surface area contributed by atoms with Gasteiger partial charge in [0.2, 0.25) is 0 Å². The molecule has 0 fully saturated rings. The molecule has 0 aliphatic rings. The molecule has 0 spiro atoms. The van der Waals surface area contributed by atoms with Gasteiger partial charge in [-0.05, 0) is 19.1 Å². The van der Waals surface area contributed by atoms with Gasteiger partial charge in [-0.3, -0.25) is 4.79 Å². The van der Waals surface area contributed by atoms with E-state index in [0.29, 0.717) is 5.69 Å². The van der Waals surface area contributed by atoms with Gasteiger partial charge in [-0.2, -0.15) is 0 Å². The molecule has 0 aliphatic carbocycles. The van der Waals surface area contributed by atoms with Crippen molar-refractivity contribution in [2.75, 3.05) is 11.9 Å². The van der Waals surface area contributed by atoms with Crippen LogP contribution in [-0.4, -0.2) is 29.2 Å². The molecule has 1 aromatic rings. The van der Waals surface area contributed by atoms with E-state index in [2.05, 4.69) is 5.32 Å². The van der Waals surface area contributed by atoms with E-state index in [1.54, 1.807) is 37.3 Å². The van der Waals surface area contributed by atoms with Crippen LogP contribution in [0.3, 0.4) is 0 Å². The molecule has 1 rings (SSSR count). The Labute approximate surface area is 99.4 Å². The van der Waals surface area contributed by atoms with Crippen molar-refractivity contribution in [3.63, 3.8) is 0 Å². The van der Waals surface area contributed by atoms with Crippen molar-refractivity contribution >= 4 is 17.4 Å². The zero-order chi connectivity index (χ0) is 12.9. The molecule has 1 atom stereocenters. The van der Waals surface area contributed by atoms with Crippen LogP contribution in [0.5, 0.6) is 0 Å². The van der Waals surface area contributed by atoms with E-state index in [1.165, 1.54) is 6.92 Å². The third kappa shape index (κ3) is 2.82. The van der Waals surface area contributed by atoms with Crippen LogP contribution in [0.2, 0.25) is 0 Å². The molecule has 5 heteroatoms. The Morgan fingerprint density at radius 1 is 1.35 bits per heavy atom. The summed E-state index contributed by atoms with van der Waals surface area (Å²) >= 11 is 0. The molecule has 0 heterocycles. The summed E-state index contributed by atoms with van der Waals surface area (Å²) < 4.78 is 5.10. The van der Waals surface area contributed by atoms with Gasteiger partial charge in [0.05, 0.1) is 0 Å². The highest BCUT2D eigenvalue weighted by Crippen LogP contribution is 2.18. The maximum absolute atomic E-state index is 11.5. The molecule has 17 heavy (non-hydrogen) atoms. The number of para-hydroxylation sites is 1. The second kappa shape index (κ2) is 5.45. The Bertz CT molecular complexity index is 388. The van der Waals surface area contributed by atoms with Gasteiger partial charge < -0.3 is 15.2 Å². The van der Waals surface area contributed by atoms with E-state index >= 15 is 0 Å². The zero-order valence-corrected chi connectivity index (χ0v) is 9.77. The number of carboxylic acid groups (broad SMARTS) is 1. The second-order valence-corrected chi connectivity index (χ2v) is 3.47. The lowest BCUT2D eigenvalue weighted by Crippen LogP contribution is -2.54. The number of carboxylic acids is 1. The Hall–Kier alpha value is -1.88. The number of Topliss-reactive ketones (excluding diaryl/α,β-unsaturated/α-hetero) is 1. The van der Waals surface area contributed by atoms with E-state index in [-0.39, 0.29) is 6.61 Å². The van der Waals surface area contributed by atoms with Gasteiger partial charge in [0.15, 0.2) is 5.78 Å². The van der Waals surface area contributed by atoms with Gasteiger partial charge >= 0.3 is 5.97 Å². The molecule has 5 nitrogen and oxygen atoms in total. The number of anilines is 1. The van der Waals surface area contributed by atoms with E-state index in [4.69, 9.17) is 4.74 Å². The SMILES string of the molecule is CCOC(Nc1ccccc1)(C(C)=O)C(=O)O. The molecule has 1 unspecified atom stereocenters. The van der Waals surface area contributed by atoms with Gasteiger partial charge in [-0.15, -0.1) is 0 Å². The molecule has 0 aliphatic heterocycles. The lowest BCUT2D eigenvalue weighted by molar-refractivity contribution is -0.167. The summed E-state index contributed by atoms with van der Waals surface area (Å²) in [4.78, 5) is 22.8. The number of hydrogen-bond acceptors (Lipinski definition) is 4. The molecule has 0 bridgehead atoms. The standard InChI is InChI=1S/C12H15NO4/c1-3-17-12(9(2)14,11(15)16)13-10-7-5-4-6-8-10/h4-8,13H,3H2,1-2H3,(H,15,16). The third-order valence-electron chi connectivity index (χ3n) is 2.25. The number of rotatable bonds is 6. The van der Waals surface area contributed by atoms with Crippen molar-refractivity contribution in [3.05, 3.63) is 30.3 Å². The fraction of sp³-hybridized carbons (Fsp3) is 0.333. The van der Waals surface area contributed by atoms with Gasteiger partial charge in [-0.1, -0.05) is 18.2 Å². The number of carbonyl (C=O) groups excluding carboxylic acids is 1. The smallest absolute Gasteiger partial charge is 0.365 e. The Kier molecular flexibility index (Phi) is 4.23. The van der Waals surface area contributed by atoms with Crippen LogP contribution in [0.15, 0.2) is 30.3 Å². The molecular formula is C12H15NO4. The van der Waals surface area contributed by atoms with Crippen LogP contribution in [-0.2, 0) is 14.3 Å². The number of nitrogens with one attached hydrogen (secondary N) is 1. The molecule has 1 aromatic carbocycles. The van der Waals surface area contributed by atoms with Crippen LogP contribution >= 0.6 is 0 Å². The molecule has 0 aromatic heterocycles. The first-order valence-electron chi connectivity index (χ1n) is 5.24. The Morgan fingerprint density at radius 3 is 2.35 bits per heavy atom. The minimum atomic E-state index is -2.02. The normalized spacial score (nSPS) is 13.8. The van der Waals surface area contributed by atoms with Gasteiger partial charge in [0.25, 0.3) is 5.72 Å². The second-order valence-electron chi connectivity index (χ2n) is 3.47. The summed E-state index contributed by atoms with van der Waals surface area (Å²) in [5, 5.41) is 11.8. The predicted octanol–water partition coefficient (Wildman–Crippen LogP) is 1.50. The monoisotopic (exact) mass is 237 g/mol. The van der Waals surface area contributed by atoms with E-state index in [9.17, 15) is 14.7 Å². The molecule has 0 saturated carbocycles. The minimum absolute atomic E-state index is 0.117. The predicted molar refractivity (Wildman–Crippen MR) is 62.7 cm³/mol. The highest BCUT2D eigenvalue weighted by Gasteiger charge is 2.45. The molecule has 0 saturated heterocycles. The molecule has 92 valence electrons. The summed E-state index contributed by atoms with van der Waals surface area (Å²) in [6.45, 7) is 2.93. The summed E-state index contributed by atoms with van der Waals surface area (Å²) in [6, 6.07) is 8.60. The summed E-state index contributed by atoms with van der Waals surface area (Å²) in [7, 11) is 0. The summed E-state index contributed by atoms with van der Waals surface area (Å²) in [5.41, 5.74) is -1.51. The quantitative estimate of drug-likeness (QED) is 0.579. The van der Waals surface area contributed by atoms with Gasteiger partial charge in [0, 0.05) is 19.2 Å². The average Bonchev–Trinajstić information content (AvgIpc) is 2.29. The maximum Gasteiger partial charge on any atom is 0.365 e. The number of carbonyl (C=O) groups is 2. The Balaban J connectivity index is 3.06. The number of ketones is 1. The zero-order valence-electron chi connectivity index (χ0n) is 9.77. The number of benzene rings is 1. The lowest BCUT2D eigenvalue weighted by atomic mass is 10.1. The van der Waals surface area contributed by atoms with Crippen molar-refractivity contribution in [1.82, 2.24) is 0 Å². The van der Waals surface area contributed by atoms with Crippen LogP contribution in [0.1, 0.15) is 13.8 Å². The summed E-state index contributed by atoms with van der Waals surface area (Å²) in [5.74, 6) is -1.95. The summed E-state index contributed by atoms with van der Waals surface area (Å²) in [6.07, 6.45) is 0. The van der Waals surface area contributed by atoms with Crippen molar-refractivity contribution in [1.29, 1.82) is 0 Å². The van der Waals surface area contributed by atoms with Crippen LogP contribution in [0, 0.1) is 0 Å². The first-order chi connectivity index (χ1) is 8.03. The van der Waals surface area contributed by atoms with E-state index in [1.807, 2.05) is 0 Å². The number of aliphatic carboxylic acids is 1. The van der Waals surface area contributed by atoms with E-state index < -0.39 is 17.5 Å². The van der Waals surface area contributed by atoms with Gasteiger partial charge in [0.1, 0.15) is 0 Å². The fourth-order valence-electron chi connectivity index (χ4n) is 1.43. The number of ether oxygens (including phenoxy) is 1. The molecule has 0 radical (unpaired) electrons. The first kappa shape index (κ1) is 13.2. The van der Waals surface area contributed by atoms with Crippen LogP contribution < -0.4 is 5.32 Å². The lowest BCUT2D eigenvalue weighted by Gasteiger charge is -2.28. The fourth-order valence-corrected chi connectivity index (χ4v) is 1.43. The molecule has 2 N–H and O–H groups in total. The molecular weight excluding hydrogens is 222 g/mol.